The SMILES string of the molecule is Cc1cc(-c2cc(CNC(=O)c3ccccc3OC(F)(F)F)nn2C2CCCCO2)n(C(=O)OC(C)(C)C)n1. The zero-order chi connectivity index (χ0) is 28.4. The van der Waals surface area contributed by atoms with Gasteiger partial charge in [-0.1, -0.05) is 12.1 Å². The Bertz CT molecular complexity index is 1340. The van der Waals surface area contributed by atoms with Crippen molar-refractivity contribution in [1.29, 1.82) is 0 Å². The second kappa shape index (κ2) is 11.1. The third-order valence-corrected chi connectivity index (χ3v) is 5.66. The lowest BCUT2D eigenvalue weighted by Gasteiger charge is -2.25. The van der Waals surface area contributed by atoms with Gasteiger partial charge in [0.2, 0.25) is 0 Å². The highest BCUT2D eigenvalue weighted by Gasteiger charge is 2.33. The van der Waals surface area contributed by atoms with Gasteiger partial charge in [-0.25, -0.2) is 9.48 Å². The number of rotatable bonds is 6. The molecule has 13 heteroatoms. The summed E-state index contributed by atoms with van der Waals surface area (Å²) >= 11 is 0. The zero-order valence-electron chi connectivity index (χ0n) is 22.0. The molecule has 10 nitrogen and oxygen atoms in total. The molecule has 39 heavy (non-hydrogen) atoms. The molecule has 1 unspecified atom stereocenters. The summed E-state index contributed by atoms with van der Waals surface area (Å²) in [5.41, 5.74) is 0.885. The molecule has 3 heterocycles. The van der Waals surface area contributed by atoms with Crippen molar-refractivity contribution in [2.24, 2.45) is 0 Å². The number of benzene rings is 1. The molecule has 0 radical (unpaired) electrons. The van der Waals surface area contributed by atoms with Crippen molar-refractivity contribution in [1.82, 2.24) is 24.9 Å². The van der Waals surface area contributed by atoms with Crippen LogP contribution in [0.25, 0.3) is 11.4 Å². The van der Waals surface area contributed by atoms with Crippen molar-refractivity contribution in [2.45, 2.75) is 71.7 Å². The Morgan fingerprint density at radius 2 is 1.85 bits per heavy atom. The first-order valence-electron chi connectivity index (χ1n) is 12.4. The van der Waals surface area contributed by atoms with Gasteiger partial charge in [0.1, 0.15) is 11.4 Å². The maximum absolute atomic E-state index is 12.9. The lowest BCUT2D eigenvalue weighted by Crippen LogP contribution is -2.28. The first-order valence-corrected chi connectivity index (χ1v) is 12.4. The summed E-state index contributed by atoms with van der Waals surface area (Å²) in [5.74, 6) is -1.38. The third kappa shape index (κ3) is 7.16. The molecule has 1 saturated heterocycles. The van der Waals surface area contributed by atoms with E-state index in [0.29, 0.717) is 35.8 Å². The van der Waals surface area contributed by atoms with E-state index in [1.165, 1.54) is 18.2 Å². The Hall–Kier alpha value is -3.87. The summed E-state index contributed by atoms with van der Waals surface area (Å²) in [6.45, 7) is 7.42. The van der Waals surface area contributed by atoms with Crippen LogP contribution in [0.2, 0.25) is 0 Å². The molecule has 0 saturated carbocycles. The van der Waals surface area contributed by atoms with Gasteiger partial charge >= 0.3 is 12.5 Å². The standard InChI is InChI=1S/C26H30F3N5O5/c1-16-13-19(34(31-16)24(36)39-25(2,3)4)20-14-17(32-33(20)22-11-7-8-12-37-22)15-30-23(35)18-9-5-6-10-21(18)38-26(27,28)29/h5-6,9-10,13-14,22H,7-8,11-12,15H2,1-4H3,(H,30,35). The number of aryl methyl sites for hydroxylation is 1. The number of carbonyl (C=O) groups is 2. The van der Waals surface area contributed by atoms with Crippen LogP contribution < -0.4 is 10.1 Å². The predicted molar refractivity (Wildman–Crippen MR) is 133 cm³/mol. The number of amides is 1. The van der Waals surface area contributed by atoms with E-state index in [0.717, 1.165) is 23.6 Å². The number of aromatic nitrogens is 4. The van der Waals surface area contributed by atoms with Crippen molar-refractivity contribution in [2.75, 3.05) is 6.61 Å². The molecule has 1 aliphatic heterocycles. The molecule has 1 amide bonds. The molecule has 2 aromatic heterocycles. The Morgan fingerprint density at radius 3 is 2.51 bits per heavy atom. The van der Waals surface area contributed by atoms with Crippen molar-refractivity contribution < 1.29 is 37.0 Å². The molecule has 1 atom stereocenters. The molecule has 1 fully saturated rings. The smallest absolute Gasteiger partial charge is 0.442 e. The van der Waals surface area contributed by atoms with Crippen LogP contribution >= 0.6 is 0 Å². The minimum atomic E-state index is -4.95. The number of hydrogen-bond donors (Lipinski definition) is 1. The molecule has 3 aromatic rings. The lowest BCUT2D eigenvalue weighted by molar-refractivity contribution is -0.274. The average Bonchev–Trinajstić information content (AvgIpc) is 3.45. The average molecular weight is 550 g/mol. The molecule has 0 aliphatic carbocycles. The summed E-state index contributed by atoms with van der Waals surface area (Å²) < 4.78 is 56.6. The molecule has 0 bridgehead atoms. The number of para-hydroxylation sites is 1. The number of alkyl halides is 3. The second-order valence-corrected chi connectivity index (χ2v) is 10.1. The van der Waals surface area contributed by atoms with Crippen molar-refractivity contribution in [3.05, 3.63) is 53.3 Å². The molecular weight excluding hydrogens is 519 g/mol. The fourth-order valence-electron chi connectivity index (χ4n) is 4.12. The van der Waals surface area contributed by atoms with E-state index in [1.807, 2.05) is 0 Å². The van der Waals surface area contributed by atoms with Crippen LogP contribution in [0.4, 0.5) is 18.0 Å². The minimum absolute atomic E-state index is 0.106. The molecule has 1 aliphatic rings. The highest BCUT2D eigenvalue weighted by atomic mass is 19.4. The molecule has 0 spiro atoms. The van der Waals surface area contributed by atoms with Gasteiger partial charge in [0.15, 0.2) is 6.23 Å². The zero-order valence-corrected chi connectivity index (χ0v) is 22.0. The first kappa shape index (κ1) is 28.1. The van der Waals surface area contributed by atoms with E-state index in [1.54, 1.807) is 44.5 Å². The monoisotopic (exact) mass is 549 g/mol. The van der Waals surface area contributed by atoms with Crippen molar-refractivity contribution in [3.8, 4) is 17.1 Å². The van der Waals surface area contributed by atoms with Gasteiger partial charge in [-0.05, 0) is 71.2 Å². The quantitative estimate of drug-likeness (QED) is 0.441. The van der Waals surface area contributed by atoms with Gasteiger partial charge in [0, 0.05) is 6.61 Å². The Morgan fingerprint density at radius 1 is 1.10 bits per heavy atom. The lowest BCUT2D eigenvalue weighted by atomic mass is 10.1. The normalized spacial score (nSPS) is 16.1. The second-order valence-electron chi connectivity index (χ2n) is 10.1. The number of carbonyl (C=O) groups excluding carboxylic acids is 2. The summed E-state index contributed by atoms with van der Waals surface area (Å²) in [5, 5.41) is 11.5. The molecule has 1 aromatic carbocycles. The van der Waals surface area contributed by atoms with E-state index in [-0.39, 0.29) is 12.1 Å². The van der Waals surface area contributed by atoms with Gasteiger partial charge in [0.05, 0.1) is 34.9 Å². The number of hydrogen-bond acceptors (Lipinski definition) is 7. The molecule has 1 N–H and O–H groups in total. The van der Waals surface area contributed by atoms with Gasteiger partial charge in [-0.3, -0.25) is 4.79 Å². The summed E-state index contributed by atoms with van der Waals surface area (Å²) in [6.07, 6.45) is -3.53. The maximum Gasteiger partial charge on any atom is 0.573 e. The van der Waals surface area contributed by atoms with E-state index in [2.05, 4.69) is 20.3 Å². The van der Waals surface area contributed by atoms with Crippen LogP contribution in [0.1, 0.15) is 68.0 Å². The van der Waals surface area contributed by atoms with Crippen LogP contribution in [0, 0.1) is 6.92 Å². The fraction of sp³-hybridized carbons (Fsp3) is 0.462. The third-order valence-electron chi connectivity index (χ3n) is 5.66. The summed E-state index contributed by atoms with van der Waals surface area (Å²) in [7, 11) is 0. The van der Waals surface area contributed by atoms with Gasteiger partial charge in [0.25, 0.3) is 5.91 Å². The number of nitrogens with zero attached hydrogens (tertiary/aromatic N) is 4. The summed E-state index contributed by atoms with van der Waals surface area (Å²) in [6, 6.07) is 8.46. The Kier molecular flexibility index (Phi) is 8.00. The van der Waals surface area contributed by atoms with Crippen LogP contribution in [0.3, 0.4) is 0 Å². The largest absolute Gasteiger partial charge is 0.573 e. The molecule has 210 valence electrons. The van der Waals surface area contributed by atoms with Crippen LogP contribution in [0.5, 0.6) is 5.75 Å². The maximum atomic E-state index is 12.9. The van der Waals surface area contributed by atoms with E-state index < -0.39 is 35.9 Å². The van der Waals surface area contributed by atoms with E-state index in [9.17, 15) is 22.8 Å². The first-order chi connectivity index (χ1) is 18.3. The highest BCUT2D eigenvalue weighted by Crippen LogP contribution is 2.31. The Balaban J connectivity index is 1.63. The van der Waals surface area contributed by atoms with Gasteiger partial charge in [-0.15, -0.1) is 13.2 Å². The molecule has 4 rings (SSSR count). The topological polar surface area (TPSA) is 110 Å². The predicted octanol–water partition coefficient (Wildman–Crippen LogP) is 5.37. The van der Waals surface area contributed by atoms with Crippen LogP contribution in [-0.4, -0.2) is 50.1 Å². The fourth-order valence-corrected chi connectivity index (χ4v) is 4.12. The minimum Gasteiger partial charge on any atom is -0.442 e. The molecular formula is C26H30F3N5O5. The van der Waals surface area contributed by atoms with Crippen molar-refractivity contribution in [3.63, 3.8) is 0 Å². The highest BCUT2D eigenvalue weighted by molar-refractivity contribution is 5.96. The number of ether oxygens (including phenoxy) is 3. The number of nitrogens with one attached hydrogen (secondary N) is 1. The van der Waals surface area contributed by atoms with Crippen LogP contribution in [-0.2, 0) is 16.0 Å². The summed E-state index contributed by atoms with van der Waals surface area (Å²) in [4.78, 5) is 25.7. The number of halogens is 3. The van der Waals surface area contributed by atoms with Crippen LogP contribution in [0.15, 0.2) is 36.4 Å². The van der Waals surface area contributed by atoms with E-state index >= 15 is 0 Å². The van der Waals surface area contributed by atoms with Crippen molar-refractivity contribution >= 4 is 12.0 Å². The Labute approximate surface area is 223 Å². The van der Waals surface area contributed by atoms with Gasteiger partial charge in [-0.2, -0.15) is 14.9 Å². The van der Waals surface area contributed by atoms with E-state index in [4.69, 9.17) is 9.47 Å². The van der Waals surface area contributed by atoms with Gasteiger partial charge < -0.3 is 19.5 Å².